The Balaban J connectivity index is 1.85. The van der Waals surface area contributed by atoms with Crippen LogP contribution in [0.1, 0.15) is 35.4 Å². The van der Waals surface area contributed by atoms with Gasteiger partial charge in [-0.2, -0.15) is 0 Å². The number of amides is 1. The first-order valence-corrected chi connectivity index (χ1v) is 7.63. The van der Waals surface area contributed by atoms with Crippen LogP contribution >= 0.6 is 15.9 Å². The number of nitrogens with one attached hydrogen (secondary N) is 1. The van der Waals surface area contributed by atoms with Gasteiger partial charge in [0.05, 0.1) is 5.54 Å². The molecule has 0 aliphatic heterocycles. The molecule has 3 nitrogen and oxygen atoms in total. The number of carbonyl (C=O) groups excluding carboxylic acids is 1. The van der Waals surface area contributed by atoms with Gasteiger partial charge in [0.15, 0.2) is 5.76 Å². The Morgan fingerprint density at radius 1 is 1.42 bits per heavy atom. The number of hydrogen-bond acceptors (Lipinski definition) is 2. The van der Waals surface area contributed by atoms with Crippen LogP contribution in [0.4, 0.5) is 0 Å². The predicted molar refractivity (Wildman–Crippen MR) is 78.8 cm³/mol. The summed E-state index contributed by atoms with van der Waals surface area (Å²) in [6, 6.07) is 7.74. The molecule has 100 valence electrons. The maximum atomic E-state index is 12.2. The van der Waals surface area contributed by atoms with Crippen molar-refractivity contribution in [2.24, 2.45) is 0 Å². The summed E-state index contributed by atoms with van der Waals surface area (Å²) >= 11 is 3.48. The molecule has 0 bridgehead atoms. The molecule has 1 heterocycles. The summed E-state index contributed by atoms with van der Waals surface area (Å²) < 4.78 is 5.62. The van der Waals surface area contributed by atoms with E-state index in [2.05, 4.69) is 21.2 Å². The molecule has 1 aliphatic rings. The van der Waals surface area contributed by atoms with Crippen LogP contribution in [0.2, 0.25) is 0 Å². The lowest BCUT2D eigenvalue weighted by atomic mass is 9.78. The van der Waals surface area contributed by atoms with Crippen LogP contribution < -0.4 is 5.32 Å². The second-order valence-electron chi connectivity index (χ2n) is 5.37. The summed E-state index contributed by atoms with van der Waals surface area (Å²) in [6.07, 6.45) is 3.23. The van der Waals surface area contributed by atoms with Gasteiger partial charge >= 0.3 is 0 Å². The molecule has 1 fully saturated rings. The highest BCUT2D eigenvalue weighted by molar-refractivity contribution is 9.09. The van der Waals surface area contributed by atoms with Crippen LogP contribution in [0.3, 0.4) is 0 Å². The Morgan fingerprint density at radius 2 is 2.21 bits per heavy atom. The number of furan rings is 1. The summed E-state index contributed by atoms with van der Waals surface area (Å²) in [7, 11) is 0. The largest absolute Gasteiger partial charge is 0.451 e. The molecule has 1 aliphatic carbocycles. The summed E-state index contributed by atoms with van der Waals surface area (Å²) in [5, 5.41) is 4.87. The second kappa shape index (κ2) is 4.67. The lowest BCUT2D eigenvalue weighted by molar-refractivity contribution is 0.0830. The average molecular weight is 322 g/mol. The first-order valence-electron chi connectivity index (χ1n) is 6.51. The minimum absolute atomic E-state index is 0.0774. The number of halogens is 1. The van der Waals surface area contributed by atoms with Crippen LogP contribution in [0, 0.1) is 6.92 Å². The molecule has 1 amide bonds. The van der Waals surface area contributed by atoms with E-state index in [1.165, 1.54) is 6.42 Å². The molecule has 2 aromatic rings. The quantitative estimate of drug-likeness (QED) is 0.874. The van der Waals surface area contributed by atoms with Gasteiger partial charge in [0.25, 0.3) is 5.91 Å². The van der Waals surface area contributed by atoms with Crippen LogP contribution in [0.25, 0.3) is 11.0 Å². The highest BCUT2D eigenvalue weighted by Gasteiger charge is 2.37. The second-order valence-corrected chi connectivity index (χ2v) is 5.93. The predicted octanol–water partition coefficient (Wildman–Crippen LogP) is 3.79. The van der Waals surface area contributed by atoms with Gasteiger partial charge < -0.3 is 9.73 Å². The maximum Gasteiger partial charge on any atom is 0.287 e. The van der Waals surface area contributed by atoms with Gasteiger partial charge in [-0.1, -0.05) is 27.6 Å². The molecule has 0 spiro atoms. The highest BCUT2D eigenvalue weighted by atomic mass is 79.9. The third-order valence-electron chi connectivity index (χ3n) is 3.84. The molecule has 0 saturated heterocycles. The van der Waals surface area contributed by atoms with E-state index in [1.807, 2.05) is 31.2 Å². The normalized spacial score (nSPS) is 17.2. The summed E-state index contributed by atoms with van der Waals surface area (Å²) in [6.45, 7) is 2.03. The first-order chi connectivity index (χ1) is 9.12. The number of carbonyl (C=O) groups is 1. The Kier molecular flexibility index (Phi) is 3.13. The molecule has 1 N–H and O–H groups in total. The summed E-state index contributed by atoms with van der Waals surface area (Å²) in [5.74, 6) is 0.279. The van der Waals surface area contributed by atoms with E-state index in [1.54, 1.807) is 0 Å². The van der Waals surface area contributed by atoms with E-state index in [0.29, 0.717) is 5.76 Å². The van der Waals surface area contributed by atoms with Crippen LogP contribution in [-0.2, 0) is 0 Å². The van der Waals surface area contributed by atoms with Gasteiger partial charge in [0.2, 0.25) is 0 Å². The standard InChI is InChI=1S/C15H16BrNO2/c1-10-3-4-12-11(7-10)8-13(19-12)14(18)17-15(9-16)5-2-6-15/h3-4,7-8H,2,5-6,9H2,1H3,(H,17,18). The van der Waals surface area contributed by atoms with Crippen molar-refractivity contribution < 1.29 is 9.21 Å². The zero-order valence-electron chi connectivity index (χ0n) is 10.8. The molecule has 1 aromatic heterocycles. The van der Waals surface area contributed by atoms with Crippen molar-refractivity contribution >= 4 is 32.8 Å². The third-order valence-corrected chi connectivity index (χ3v) is 4.91. The Hall–Kier alpha value is -1.29. The molecule has 4 heteroatoms. The fourth-order valence-electron chi connectivity index (χ4n) is 2.47. The number of alkyl halides is 1. The monoisotopic (exact) mass is 321 g/mol. The van der Waals surface area contributed by atoms with Crippen molar-refractivity contribution in [3.63, 3.8) is 0 Å². The number of benzene rings is 1. The van der Waals surface area contributed by atoms with E-state index >= 15 is 0 Å². The van der Waals surface area contributed by atoms with E-state index in [0.717, 1.165) is 34.7 Å². The van der Waals surface area contributed by atoms with Gasteiger partial charge in [0.1, 0.15) is 5.58 Å². The maximum absolute atomic E-state index is 12.2. The fourth-order valence-corrected chi connectivity index (χ4v) is 3.17. The van der Waals surface area contributed by atoms with E-state index in [9.17, 15) is 4.79 Å². The lowest BCUT2D eigenvalue weighted by Crippen LogP contribution is -2.54. The summed E-state index contributed by atoms with van der Waals surface area (Å²) in [4.78, 5) is 12.2. The van der Waals surface area contributed by atoms with E-state index < -0.39 is 0 Å². The molecule has 1 aromatic carbocycles. The number of fused-ring (bicyclic) bond motifs is 1. The van der Waals surface area contributed by atoms with Gasteiger partial charge in [-0.05, 0) is 44.4 Å². The molecule has 0 atom stereocenters. The average Bonchev–Trinajstić information content (AvgIpc) is 2.76. The Morgan fingerprint density at radius 3 is 2.84 bits per heavy atom. The molecule has 1 saturated carbocycles. The zero-order valence-corrected chi connectivity index (χ0v) is 12.4. The topological polar surface area (TPSA) is 42.2 Å². The van der Waals surface area contributed by atoms with Crippen LogP contribution in [0.15, 0.2) is 28.7 Å². The van der Waals surface area contributed by atoms with Crippen molar-refractivity contribution in [3.05, 3.63) is 35.6 Å². The van der Waals surface area contributed by atoms with Crippen molar-refractivity contribution in [2.45, 2.75) is 31.7 Å². The molecule has 3 rings (SSSR count). The molecule has 0 unspecified atom stereocenters. The number of hydrogen-bond donors (Lipinski definition) is 1. The number of rotatable bonds is 3. The molecule has 0 radical (unpaired) electrons. The number of aryl methyl sites for hydroxylation is 1. The van der Waals surface area contributed by atoms with Crippen molar-refractivity contribution in [3.8, 4) is 0 Å². The zero-order chi connectivity index (χ0) is 13.5. The minimum atomic E-state index is -0.118. The van der Waals surface area contributed by atoms with Crippen LogP contribution in [-0.4, -0.2) is 16.8 Å². The minimum Gasteiger partial charge on any atom is -0.451 e. The van der Waals surface area contributed by atoms with Gasteiger partial charge in [0, 0.05) is 10.7 Å². The fraction of sp³-hybridized carbons (Fsp3) is 0.400. The van der Waals surface area contributed by atoms with Crippen molar-refractivity contribution in [1.82, 2.24) is 5.32 Å². The molecular formula is C15H16BrNO2. The van der Waals surface area contributed by atoms with Crippen molar-refractivity contribution in [2.75, 3.05) is 5.33 Å². The van der Waals surface area contributed by atoms with E-state index in [-0.39, 0.29) is 11.4 Å². The Labute approximate surface area is 120 Å². The van der Waals surface area contributed by atoms with Crippen molar-refractivity contribution in [1.29, 1.82) is 0 Å². The third kappa shape index (κ3) is 2.29. The first kappa shape index (κ1) is 12.7. The van der Waals surface area contributed by atoms with Crippen LogP contribution in [0.5, 0.6) is 0 Å². The van der Waals surface area contributed by atoms with E-state index in [4.69, 9.17) is 4.42 Å². The smallest absolute Gasteiger partial charge is 0.287 e. The lowest BCUT2D eigenvalue weighted by Gasteiger charge is -2.40. The summed E-state index contributed by atoms with van der Waals surface area (Å²) in [5.41, 5.74) is 1.85. The van der Waals surface area contributed by atoms with Gasteiger partial charge in [-0.3, -0.25) is 4.79 Å². The van der Waals surface area contributed by atoms with Gasteiger partial charge in [-0.15, -0.1) is 0 Å². The van der Waals surface area contributed by atoms with Gasteiger partial charge in [-0.25, -0.2) is 0 Å². The molecule has 19 heavy (non-hydrogen) atoms. The molecular weight excluding hydrogens is 306 g/mol. The SMILES string of the molecule is Cc1ccc2oc(C(=O)NC3(CBr)CCC3)cc2c1. The highest BCUT2D eigenvalue weighted by Crippen LogP contribution is 2.34. The Bertz CT molecular complexity index is 623.